The van der Waals surface area contributed by atoms with Gasteiger partial charge in [0.15, 0.2) is 0 Å². The lowest BCUT2D eigenvalue weighted by molar-refractivity contribution is -0.272. The Labute approximate surface area is 210 Å². The summed E-state index contributed by atoms with van der Waals surface area (Å²) < 4.78 is 22.2. The van der Waals surface area contributed by atoms with Crippen LogP contribution in [-0.2, 0) is 25.4 Å². The summed E-state index contributed by atoms with van der Waals surface area (Å²) in [5.41, 5.74) is 3.61. The van der Waals surface area contributed by atoms with Gasteiger partial charge in [-0.25, -0.2) is 4.79 Å². The lowest BCUT2D eigenvalue weighted by atomic mass is 9.99. The fourth-order valence-electron chi connectivity index (χ4n) is 4.40. The molecule has 0 spiro atoms. The molecule has 0 aliphatic carbocycles. The molecule has 1 fully saturated rings. The van der Waals surface area contributed by atoms with Gasteiger partial charge in [0.2, 0.25) is 0 Å². The van der Waals surface area contributed by atoms with Gasteiger partial charge in [0.1, 0.15) is 12.4 Å². The van der Waals surface area contributed by atoms with Crippen LogP contribution in [0.3, 0.4) is 0 Å². The van der Waals surface area contributed by atoms with Gasteiger partial charge in [-0.2, -0.15) is 0 Å². The van der Waals surface area contributed by atoms with E-state index in [1.165, 1.54) is 33.8 Å². The van der Waals surface area contributed by atoms with E-state index in [4.69, 9.17) is 18.9 Å². The van der Waals surface area contributed by atoms with Gasteiger partial charge in [0, 0.05) is 22.6 Å². The molecule has 7 heteroatoms. The van der Waals surface area contributed by atoms with Crippen molar-refractivity contribution in [3.8, 4) is 5.75 Å². The number of benzene rings is 3. The zero-order valence-electron chi connectivity index (χ0n) is 19.9. The molecule has 0 bridgehead atoms. The van der Waals surface area contributed by atoms with Gasteiger partial charge >= 0.3 is 5.97 Å². The molecule has 0 radical (unpaired) electrons. The van der Waals surface area contributed by atoms with Gasteiger partial charge < -0.3 is 23.8 Å². The van der Waals surface area contributed by atoms with Crippen molar-refractivity contribution in [1.29, 1.82) is 0 Å². The predicted molar refractivity (Wildman–Crippen MR) is 135 cm³/mol. The van der Waals surface area contributed by atoms with Gasteiger partial charge in [0.05, 0.1) is 38.2 Å². The summed E-state index contributed by atoms with van der Waals surface area (Å²) in [5.74, 6) is -0.794. The van der Waals surface area contributed by atoms with E-state index in [2.05, 4.69) is 65.6 Å². The molecule has 0 saturated carbocycles. The molecule has 35 heavy (non-hydrogen) atoms. The van der Waals surface area contributed by atoms with Gasteiger partial charge in [-0.05, 0) is 48.4 Å². The quantitative estimate of drug-likeness (QED) is 0.407. The second kappa shape index (κ2) is 10.3. The molecule has 0 unspecified atom stereocenters. The average Bonchev–Trinajstić information content (AvgIpc) is 2.90. The topological polar surface area (TPSA) is 57.2 Å². The minimum Gasteiger partial charge on any atom is -0.492 e. The number of para-hydroxylation sites is 2. The molecule has 3 aromatic rings. The first kappa shape index (κ1) is 23.7. The third kappa shape index (κ3) is 5.17. The summed E-state index contributed by atoms with van der Waals surface area (Å²) in [5, 5.41) is 0. The van der Waals surface area contributed by atoms with Crippen LogP contribution in [0.15, 0.2) is 82.6 Å². The van der Waals surface area contributed by atoms with Crippen molar-refractivity contribution in [3.63, 3.8) is 0 Å². The second-order valence-electron chi connectivity index (χ2n) is 8.81. The molecule has 3 aromatic carbocycles. The van der Waals surface area contributed by atoms with Crippen molar-refractivity contribution in [1.82, 2.24) is 0 Å². The highest BCUT2D eigenvalue weighted by molar-refractivity contribution is 7.99. The van der Waals surface area contributed by atoms with Crippen molar-refractivity contribution in [2.24, 2.45) is 5.92 Å². The SMILES string of the molecule is COC(=O)[C@]1(C)OC[C@@H](Cc2ccc(OCCN3c4ccccc4Sc4ccccc43)cc2)CO1. The molecule has 2 heterocycles. The summed E-state index contributed by atoms with van der Waals surface area (Å²) in [6, 6.07) is 25.2. The highest BCUT2D eigenvalue weighted by atomic mass is 32.2. The van der Waals surface area contributed by atoms with Crippen molar-refractivity contribution in [2.45, 2.75) is 28.9 Å². The Morgan fingerprint density at radius 1 is 0.971 bits per heavy atom. The molecule has 0 atom stereocenters. The number of fused-ring (bicyclic) bond motifs is 2. The van der Waals surface area contributed by atoms with Crippen LogP contribution in [0, 0.1) is 5.92 Å². The Bertz CT molecular complexity index is 1130. The Kier molecular flexibility index (Phi) is 7.00. The molecule has 5 rings (SSSR count). The number of carbonyl (C=O) groups excluding carboxylic acids is 1. The number of hydrogen-bond donors (Lipinski definition) is 0. The fourth-order valence-corrected chi connectivity index (χ4v) is 5.49. The second-order valence-corrected chi connectivity index (χ2v) is 9.89. The standard InChI is InChI=1S/C28H29NO5S/c1-28(27(30)31-2)33-18-21(19-34-28)17-20-11-13-22(14-12-20)32-16-15-29-23-7-3-5-9-25(23)35-26-10-6-4-8-24(26)29/h3-14,21H,15-19H2,1-2H3/t21-,28-. The monoisotopic (exact) mass is 491 g/mol. The van der Waals surface area contributed by atoms with Crippen molar-refractivity contribution in [3.05, 3.63) is 78.4 Å². The number of hydrogen-bond acceptors (Lipinski definition) is 7. The van der Waals surface area contributed by atoms with E-state index in [0.29, 0.717) is 19.8 Å². The smallest absolute Gasteiger partial charge is 0.366 e. The molecule has 2 aliphatic heterocycles. The molecular weight excluding hydrogens is 462 g/mol. The Morgan fingerprint density at radius 2 is 1.57 bits per heavy atom. The van der Waals surface area contributed by atoms with Gasteiger partial charge in [-0.1, -0.05) is 48.2 Å². The van der Waals surface area contributed by atoms with Crippen LogP contribution >= 0.6 is 11.8 Å². The van der Waals surface area contributed by atoms with Crippen LogP contribution < -0.4 is 9.64 Å². The number of esters is 1. The predicted octanol–water partition coefficient (Wildman–Crippen LogP) is 5.46. The maximum absolute atomic E-state index is 11.8. The summed E-state index contributed by atoms with van der Waals surface area (Å²) in [6.07, 6.45) is 0.802. The largest absolute Gasteiger partial charge is 0.492 e. The highest BCUT2D eigenvalue weighted by Gasteiger charge is 2.41. The van der Waals surface area contributed by atoms with Crippen LogP contribution in [0.5, 0.6) is 5.75 Å². The zero-order valence-corrected chi connectivity index (χ0v) is 20.8. The minimum atomic E-state index is -1.31. The van der Waals surface area contributed by atoms with E-state index >= 15 is 0 Å². The van der Waals surface area contributed by atoms with Gasteiger partial charge in [-0.3, -0.25) is 0 Å². The Morgan fingerprint density at radius 3 is 2.17 bits per heavy atom. The first-order valence-corrected chi connectivity index (χ1v) is 12.6. The molecule has 6 nitrogen and oxygen atoms in total. The van der Waals surface area contributed by atoms with Gasteiger partial charge in [-0.15, -0.1) is 0 Å². The summed E-state index contributed by atoms with van der Waals surface area (Å²) in [7, 11) is 1.33. The first-order valence-electron chi connectivity index (χ1n) is 11.8. The summed E-state index contributed by atoms with van der Waals surface area (Å²) >= 11 is 1.81. The molecule has 1 saturated heterocycles. The number of ether oxygens (including phenoxy) is 4. The van der Waals surface area contributed by atoms with E-state index in [1.807, 2.05) is 23.9 Å². The van der Waals surface area contributed by atoms with Crippen LogP contribution in [0.4, 0.5) is 11.4 Å². The van der Waals surface area contributed by atoms with E-state index in [9.17, 15) is 4.79 Å². The highest BCUT2D eigenvalue weighted by Crippen LogP contribution is 2.47. The number of anilines is 2. The van der Waals surface area contributed by atoms with Gasteiger partial charge in [0.25, 0.3) is 5.79 Å². The summed E-state index contributed by atoms with van der Waals surface area (Å²) in [6.45, 7) is 3.82. The van der Waals surface area contributed by atoms with E-state index in [1.54, 1.807) is 6.92 Å². The molecule has 2 aliphatic rings. The third-order valence-corrected chi connectivity index (χ3v) is 7.44. The van der Waals surface area contributed by atoms with Crippen LogP contribution in [0.2, 0.25) is 0 Å². The van der Waals surface area contributed by atoms with Crippen molar-refractivity contribution in [2.75, 3.05) is 38.4 Å². The number of nitrogens with zero attached hydrogens (tertiary/aromatic N) is 1. The minimum absolute atomic E-state index is 0.177. The molecular formula is C28H29NO5S. The first-order chi connectivity index (χ1) is 17.1. The zero-order chi connectivity index (χ0) is 24.3. The molecule has 0 aromatic heterocycles. The van der Waals surface area contributed by atoms with E-state index in [-0.39, 0.29) is 5.92 Å². The molecule has 182 valence electrons. The lowest BCUT2D eigenvalue weighted by Crippen LogP contribution is -2.48. The average molecular weight is 492 g/mol. The van der Waals surface area contributed by atoms with Crippen LogP contribution in [-0.4, -0.2) is 45.2 Å². The Hall–Kier alpha value is -3.00. The molecule has 0 N–H and O–H groups in total. The normalized spacial score (nSPS) is 21.1. The van der Waals surface area contributed by atoms with E-state index < -0.39 is 11.8 Å². The molecule has 0 amide bonds. The van der Waals surface area contributed by atoms with Crippen LogP contribution in [0.25, 0.3) is 0 Å². The summed E-state index contributed by atoms with van der Waals surface area (Å²) in [4.78, 5) is 16.7. The Balaban J connectivity index is 1.15. The van der Waals surface area contributed by atoms with Crippen molar-refractivity contribution >= 4 is 29.1 Å². The van der Waals surface area contributed by atoms with Crippen LogP contribution in [0.1, 0.15) is 12.5 Å². The lowest BCUT2D eigenvalue weighted by Gasteiger charge is -2.35. The van der Waals surface area contributed by atoms with E-state index in [0.717, 1.165) is 18.7 Å². The third-order valence-electron chi connectivity index (χ3n) is 6.31. The fraction of sp³-hybridized carbons (Fsp3) is 0.321. The number of methoxy groups -OCH3 is 1. The number of rotatable bonds is 7. The maximum Gasteiger partial charge on any atom is 0.366 e. The van der Waals surface area contributed by atoms with Crippen molar-refractivity contribution < 1.29 is 23.7 Å². The maximum atomic E-state index is 11.8. The number of carbonyl (C=O) groups is 1.